The Kier molecular flexibility index (Phi) is 7.65. The van der Waals surface area contributed by atoms with Gasteiger partial charge < -0.3 is 24.8 Å². The summed E-state index contributed by atoms with van der Waals surface area (Å²) in [5.74, 6) is -2.59. The second-order valence-corrected chi connectivity index (χ2v) is 11.1. The molecule has 0 radical (unpaired) electrons. The highest BCUT2D eigenvalue weighted by Crippen LogP contribution is 2.51. The average Bonchev–Trinajstić information content (AvgIpc) is 3.66. The van der Waals surface area contributed by atoms with Crippen molar-refractivity contribution in [1.29, 1.82) is 0 Å². The number of hydrogen-bond acceptors (Lipinski definition) is 6. The maximum absolute atomic E-state index is 13.6. The number of nitrogens with one attached hydrogen (secondary N) is 1. The van der Waals surface area contributed by atoms with E-state index >= 15 is 0 Å². The molecule has 1 heterocycles. The van der Waals surface area contributed by atoms with E-state index in [0.29, 0.717) is 13.0 Å². The molecule has 4 atom stereocenters. The summed E-state index contributed by atoms with van der Waals surface area (Å²) in [4.78, 5) is 52.5. The Morgan fingerprint density at radius 2 is 1.50 bits per heavy atom. The minimum absolute atomic E-state index is 0.0410. The van der Waals surface area contributed by atoms with E-state index in [1.165, 1.54) is 0 Å². The zero-order valence-electron chi connectivity index (χ0n) is 23.0. The zero-order chi connectivity index (χ0) is 29.2. The van der Waals surface area contributed by atoms with Gasteiger partial charge in [0.05, 0.1) is 12.3 Å². The fourth-order valence-electron chi connectivity index (χ4n) is 6.47. The van der Waals surface area contributed by atoms with Crippen molar-refractivity contribution in [2.24, 2.45) is 17.8 Å². The number of carboxylic acids is 1. The zero-order valence-corrected chi connectivity index (χ0v) is 23.0. The average molecular weight is 569 g/mol. The third kappa shape index (κ3) is 5.59. The first-order valence-corrected chi connectivity index (χ1v) is 14.2. The van der Waals surface area contributed by atoms with Gasteiger partial charge in [0.2, 0.25) is 5.91 Å². The van der Waals surface area contributed by atoms with Crippen LogP contribution in [0.2, 0.25) is 0 Å². The molecular formula is C33H32N2O7. The van der Waals surface area contributed by atoms with Crippen LogP contribution in [0.4, 0.5) is 4.79 Å². The quantitative estimate of drug-likeness (QED) is 0.371. The number of carbonyl (C=O) groups excluding carboxylic acids is 3. The fourth-order valence-corrected chi connectivity index (χ4v) is 6.47. The monoisotopic (exact) mass is 568 g/mol. The van der Waals surface area contributed by atoms with Crippen LogP contribution in [0.1, 0.15) is 35.4 Å². The fraction of sp³-hybridized carbons (Fsp3) is 0.333. The van der Waals surface area contributed by atoms with Crippen LogP contribution in [0.3, 0.4) is 0 Å². The molecule has 2 amide bonds. The van der Waals surface area contributed by atoms with E-state index in [1.54, 1.807) is 4.90 Å². The van der Waals surface area contributed by atoms with Crippen molar-refractivity contribution >= 4 is 23.9 Å². The summed E-state index contributed by atoms with van der Waals surface area (Å²) in [6.07, 6.45) is -0.609. The van der Waals surface area contributed by atoms with Crippen LogP contribution >= 0.6 is 0 Å². The van der Waals surface area contributed by atoms with Gasteiger partial charge in [0.1, 0.15) is 19.3 Å². The minimum Gasteiger partial charge on any atom is -0.481 e. The summed E-state index contributed by atoms with van der Waals surface area (Å²) < 4.78 is 11.0. The van der Waals surface area contributed by atoms with Gasteiger partial charge in [0, 0.05) is 19.0 Å². The molecule has 42 heavy (non-hydrogen) atoms. The molecule has 3 aliphatic rings. The Morgan fingerprint density at radius 3 is 2.17 bits per heavy atom. The standard InChI is InChI=1S/C33H32N2O7/c36-29(41-18-20-8-2-1-3-9-20)16-28(31(37)35-15-14-25-26(17-35)30(25)32(38)39)34-33(40)42-19-27-23-12-6-4-10-21(23)22-11-5-7-13-24(22)27/h1-13,25-28,30H,14-19H2,(H,34,40)(H,38,39)/t25?,26?,28-,30?/m0/s1. The number of piperidine rings is 1. The number of ether oxygens (including phenoxy) is 2. The predicted molar refractivity (Wildman–Crippen MR) is 152 cm³/mol. The summed E-state index contributed by atoms with van der Waals surface area (Å²) in [7, 11) is 0. The maximum atomic E-state index is 13.6. The van der Waals surface area contributed by atoms with Crippen molar-refractivity contribution in [3.05, 3.63) is 95.6 Å². The molecule has 3 aromatic rings. The van der Waals surface area contributed by atoms with E-state index in [0.717, 1.165) is 27.8 Å². The topological polar surface area (TPSA) is 122 Å². The highest BCUT2D eigenvalue weighted by Gasteiger charge is 2.57. The van der Waals surface area contributed by atoms with Gasteiger partial charge in [-0.05, 0) is 46.1 Å². The van der Waals surface area contributed by atoms with Gasteiger partial charge in [0.25, 0.3) is 0 Å². The molecule has 1 saturated heterocycles. The third-order valence-electron chi connectivity index (χ3n) is 8.64. The molecule has 0 aromatic heterocycles. The van der Waals surface area contributed by atoms with Crippen molar-refractivity contribution in [1.82, 2.24) is 10.2 Å². The Bertz CT molecular complexity index is 1460. The summed E-state index contributed by atoms with van der Waals surface area (Å²) in [5, 5.41) is 12.1. The van der Waals surface area contributed by atoms with Crippen LogP contribution in [0, 0.1) is 17.8 Å². The molecular weight excluding hydrogens is 536 g/mol. The Hall–Kier alpha value is -4.66. The number of carboxylic acid groups (broad SMARTS) is 1. The van der Waals surface area contributed by atoms with Gasteiger partial charge in [-0.2, -0.15) is 0 Å². The van der Waals surface area contributed by atoms with Gasteiger partial charge in [-0.3, -0.25) is 14.4 Å². The number of fused-ring (bicyclic) bond motifs is 4. The Morgan fingerprint density at radius 1 is 0.857 bits per heavy atom. The van der Waals surface area contributed by atoms with Crippen LogP contribution < -0.4 is 5.32 Å². The lowest BCUT2D eigenvalue weighted by Gasteiger charge is -2.30. The number of rotatable bonds is 9. The lowest BCUT2D eigenvalue weighted by atomic mass is 9.98. The van der Waals surface area contributed by atoms with Crippen molar-refractivity contribution in [2.75, 3.05) is 19.7 Å². The van der Waals surface area contributed by atoms with Gasteiger partial charge in [-0.15, -0.1) is 0 Å². The lowest BCUT2D eigenvalue weighted by molar-refractivity contribution is -0.148. The number of aliphatic carboxylic acids is 1. The number of likely N-dealkylation sites (tertiary alicyclic amines) is 1. The second kappa shape index (κ2) is 11.7. The lowest BCUT2D eigenvalue weighted by Crippen LogP contribution is -2.51. The van der Waals surface area contributed by atoms with Crippen LogP contribution in [0.5, 0.6) is 0 Å². The third-order valence-corrected chi connectivity index (χ3v) is 8.64. The first-order chi connectivity index (χ1) is 20.4. The van der Waals surface area contributed by atoms with Gasteiger partial charge in [0.15, 0.2) is 0 Å². The number of nitrogens with zero attached hydrogens (tertiary/aromatic N) is 1. The largest absolute Gasteiger partial charge is 0.481 e. The molecule has 1 aliphatic heterocycles. The molecule has 6 rings (SSSR count). The predicted octanol–water partition coefficient (Wildman–Crippen LogP) is 4.21. The van der Waals surface area contributed by atoms with Gasteiger partial charge in [-0.1, -0.05) is 78.9 Å². The Balaban J connectivity index is 1.12. The van der Waals surface area contributed by atoms with Crippen LogP contribution in [-0.2, 0) is 30.5 Å². The molecule has 2 fully saturated rings. The van der Waals surface area contributed by atoms with E-state index in [1.807, 2.05) is 78.9 Å². The molecule has 3 unspecified atom stereocenters. The number of benzene rings is 3. The van der Waals surface area contributed by atoms with E-state index in [2.05, 4.69) is 5.32 Å². The number of hydrogen-bond donors (Lipinski definition) is 2. The van der Waals surface area contributed by atoms with E-state index in [-0.39, 0.29) is 43.9 Å². The van der Waals surface area contributed by atoms with E-state index < -0.39 is 35.9 Å². The van der Waals surface area contributed by atoms with Crippen LogP contribution in [0.15, 0.2) is 78.9 Å². The van der Waals surface area contributed by atoms with Crippen LogP contribution in [0.25, 0.3) is 11.1 Å². The van der Waals surface area contributed by atoms with Crippen molar-refractivity contribution in [3.8, 4) is 11.1 Å². The number of alkyl carbamates (subject to hydrolysis) is 1. The smallest absolute Gasteiger partial charge is 0.407 e. The Labute approximate surface area is 243 Å². The van der Waals surface area contributed by atoms with Crippen molar-refractivity contribution in [3.63, 3.8) is 0 Å². The summed E-state index contributed by atoms with van der Waals surface area (Å²) >= 11 is 0. The molecule has 2 N–H and O–H groups in total. The molecule has 0 bridgehead atoms. The maximum Gasteiger partial charge on any atom is 0.407 e. The minimum atomic E-state index is -1.21. The highest BCUT2D eigenvalue weighted by molar-refractivity contribution is 5.90. The molecule has 3 aromatic carbocycles. The van der Waals surface area contributed by atoms with Crippen molar-refractivity contribution < 1.29 is 33.8 Å². The number of carbonyl (C=O) groups is 4. The summed E-state index contributed by atoms with van der Waals surface area (Å²) in [6, 6.07) is 23.9. The highest BCUT2D eigenvalue weighted by atomic mass is 16.5. The molecule has 9 nitrogen and oxygen atoms in total. The molecule has 1 saturated carbocycles. The SMILES string of the molecule is O=C(C[C@H](NC(=O)OCC1c2ccccc2-c2ccccc21)C(=O)N1CCC2C(C1)C2C(=O)O)OCc1ccccc1. The van der Waals surface area contributed by atoms with Gasteiger partial charge >= 0.3 is 18.0 Å². The number of amides is 2. The van der Waals surface area contributed by atoms with Gasteiger partial charge in [-0.25, -0.2) is 4.79 Å². The summed E-state index contributed by atoms with van der Waals surface area (Å²) in [5.41, 5.74) is 5.11. The first-order valence-electron chi connectivity index (χ1n) is 14.2. The normalized spacial score (nSPS) is 20.9. The van der Waals surface area contributed by atoms with Crippen molar-refractivity contribution in [2.45, 2.75) is 31.4 Å². The first kappa shape index (κ1) is 27.5. The molecule has 0 spiro atoms. The molecule has 9 heteroatoms. The second-order valence-electron chi connectivity index (χ2n) is 11.1. The number of esters is 1. The van der Waals surface area contributed by atoms with E-state index in [4.69, 9.17) is 9.47 Å². The van der Waals surface area contributed by atoms with Crippen LogP contribution in [-0.4, -0.2) is 59.7 Å². The molecule has 2 aliphatic carbocycles. The molecule has 216 valence electrons. The summed E-state index contributed by atoms with van der Waals surface area (Å²) in [6.45, 7) is 0.750. The van der Waals surface area contributed by atoms with E-state index in [9.17, 15) is 24.3 Å².